The zero-order valence-corrected chi connectivity index (χ0v) is 13.2. The van der Waals surface area contributed by atoms with Gasteiger partial charge >= 0.3 is 6.09 Å². The van der Waals surface area contributed by atoms with Crippen molar-refractivity contribution in [1.82, 2.24) is 5.43 Å². The Hall–Kier alpha value is -2.16. The molecule has 0 fully saturated rings. The monoisotopic (exact) mass is 359 g/mol. The highest BCUT2D eigenvalue weighted by Crippen LogP contribution is 2.31. The van der Waals surface area contributed by atoms with Crippen molar-refractivity contribution >= 4 is 33.9 Å². The number of benzene rings is 1. The van der Waals surface area contributed by atoms with Crippen molar-refractivity contribution < 1.29 is 19.6 Å². The Kier molecular flexibility index (Phi) is 5.25. The molecule has 2 N–H and O–H groups in total. The largest absolute Gasteiger partial charge is 0.506 e. The number of aromatic hydroxyl groups is 1. The number of nitrogens with zero attached hydrogens (tertiary/aromatic N) is 2. The summed E-state index contributed by atoms with van der Waals surface area (Å²) in [6.45, 7) is 5.08. The van der Waals surface area contributed by atoms with E-state index in [4.69, 9.17) is 4.74 Å². The smallest absolute Gasteiger partial charge is 0.428 e. The van der Waals surface area contributed by atoms with Crippen molar-refractivity contribution in [3.8, 4) is 5.75 Å². The van der Waals surface area contributed by atoms with Crippen molar-refractivity contribution in [2.45, 2.75) is 26.4 Å². The summed E-state index contributed by atoms with van der Waals surface area (Å²) in [5.41, 5.74) is 1.28. The molecule has 21 heavy (non-hydrogen) atoms. The molecule has 0 unspecified atom stereocenters. The normalized spacial score (nSPS) is 11.4. The molecule has 1 rings (SSSR count). The second-order valence-corrected chi connectivity index (χ2v) is 5.85. The Labute approximate surface area is 129 Å². The topological polar surface area (TPSA) is 114 Å². The van der Waals surface area contributed by atoms with Crippen LogP contribution < -0.4 is 5.43 Å². The number of halogens is 1. The van der Waals surface area contributed by atoms with Gasteiger partial charge in [0.15, 0.2) is 0 Å². The zero-order chi connectivity index (χ0) is 16.2. The summed E-state index contributed by atoms with van der Waals surface area (Å²) < 4.78 is 5.10. The van der Waals surface area contributed by atoms with E-state index in [2.05, 4.69) is 26.5 Å². The zero-order valence-electron chi connectivity index (χ0n) is 11.6. The average molecular weight is 360 g/mol. The van der Waals surface area contributed by atoms with Crippen LogP contribution in [0, 0.1) is 10.1 Å². The van der Waals surface area contributed by atoms with Gasteiger partial charge in [0.2, 0.25) is 0 Å². The molecular weight excluding hydrogens is 346 g/mol. The van der Waals surface area contributed by atoms with E-state index in [1.54, 1.807) is 20.8 Å². The fourth-order valence-electron chi connectivity index (χ4n) is 1.26. The summed E-state index contributed by atoms with van der Waals surface area (Å²) in [6.07, 6.45) is 0.305. The number of ether oxygens (including phenoxy) is 1. The Morgan fingerprint density at radius 1 is 1.52 bits per heavy atom. The third kappa shape index (κ3) is 5.38. The molecule has 0 saturated carbocycles. The van der Waals surface area contributed by atoms with Gasteiger partial charge in [-0.15, -0.1) is 0 Å². The molecule has 0 saturated heterocycles. The van der Waals surface area contributed by atoms with E-state index in [9.17, 15) is 20.0 Å². The summed E-state index contributed by atoms with van der Waals surface area (Å²) >= 11 is 3.00. The van der Waals surface area contributed by atoms with Crippen molar-refractivity contribution in [3.63, 3.8) is 0 Å². The summed E-state index contributed by atoms with van der Waals surface area (Å²) in [5.74, 6) is -0.227. The van der Waals surface area contributed by atoms with Gasteiger partial charge in [-0.1, -0.05) is 0 Å². The maximum Gasteiger partial charge on any atom is 0.428 e. The Bertz CT molecular complexity index is 595. The molecule has 0 bridgehead atoms. The molecule has 1 aromatic carbocycles. The number of carbonyl (C=O) groups is 1. The van der Waals surface area contributed by atoms with Crippen LogP contribution in [0.5, 0.6) is 5.75 Å². The quantitative estimate of drug-likeness (QED) is 0.489. The molecule has 9 heteroatoms. The molecule has 0 aromatic heterocycles. The lowest BCUT2D eigenvalue weighted by atomic mass is 10.2. The minimum atomic E-state index is -0.775. The fraction of sp³-hybridized carbons (Fsp3) is 0.333. The van der Waals surface area contributed by atoms with Gasteiger partial charge in [-0.2, -0.15) is 5.10 Å². The molecule has 0 spiro atoms. The third-order valence-electron chi connectivity index (χ3n) is 2.05. The molecule has 1 aromatic rings. The maximum atomic E-state index is 11.3. The predicted molar refractivity (Wildman–Crippen MR) is 79.4 cm³/mol. The molecule has 0 aliphatic carbocycles. The van der Waals surface area contributed by atoms with Gasteiger partial charge in [0.1, 0.15) is 11.4 Å². The van der Waals surface area contributed by atoms with Crippen LogP contribution in [0.4, 0.5) is 10.5 Å². The molecule has 0 radical (unpaired) electrons. The number of phenols is 1. The van der Waals surface area contributed by atoms with E-state index in [0.717, 1.165) is 18.3 Å². The molecule has 1 amide bonds. The van der Waals surface area contributed by atoms with Gasteiger partial charge in [-0.25, -0.2) is 10.2 Å². The molecular formula is C12H14BrN3O5. The molecule has 0 aliphatic heterocycles. The second kappa shape index (κ2) is 6.53. The van der Waals surface area contributed by atoms with E-state index in [-0.39, 0.29) is 21.5 Å². The lowest BCUT2D eigenvalue weighted by Gasteiger charge is -2.18. The summed E-state index contributed by atoms with van der Waals surface area (Å²) in [5, 5.41) is 24.1. The Balaban J connectivity index is 2.85. The van der Waals surface area contributed by atoms with Crippen LogP contribution in [0.3, 0.4) is 0 Å². The number of nitrogens with one attached hydrogen (secondary N) is 1. The number of nitro groups is 1. The maximum absolute atomic E-state index is 11.3. The molecule has 0 heterocycles. The third-order valence-corrected chi connectivity index (χ3v) is 2.65. The van der Waals surface area contributed by atoms with Crippen molar-refractivity contribution in [2.24, 2.45) is 5.10 Å². The van der Waals surface area contributed by atoms with Crippen LogP contribution in [0.2, 0.25) is 0 Å². The number of nitro benzene ring substituents is 1. The highest BCUT2D eigenvalue weighted by Gasteiger charge is 2.16. The number of hydrogen-bond acceptors (Lipinski definition) is 6. The van der Waals surface area contributed by atoms with E-state index in [1.165, 1.54) is 0 Å². The lowest BCUT2D eigenvalue weighted by molar-refractivity contribution is -0.385. The van der Waals surface area contributed by atoms with Crippen molar-refractivity contribution in [2.75, 3.05) is 0 Å². The van der Waals surface area contributed by atoms with Gasteiger partial charge in [0.05, 0.1) is 15.6 Å². The summed E-state index contributed by atoms with van der Waals surface area (Å²) in [4.78, 5) is 21.5. The van der Waals surface area contributed by atoms with Crippen LogP contribution in [0.25, 0.3) is 0 Å². The first kappa shape index (κ1) is 16.9. The highest BCUT2D eigenvalue weighted by atomic mass is 79.9. The molecule has 114 valence electrons. The first-order chi connectivity index (χ1) is 9.60. The van der Waals surface area contributed by atoms with Gasteiger partial charge < -0.3 is 9.84 Å². The molecule has 0 atom stereocenters. The fourth-order valence-corrected chi connectivity index (χ4v) is 1.73. The van der Waals surface area contributed by atoms with Gasteiger partial charge in [-0.3, -0.25) is 10.1 Å². The minimum absolute atomic E-state index is 0.0760. The number of rotatable bonds is 3. The van der Waals surface area contributed by atoms with Crippen LogP contribution >= 0.6 is 15.9 Å². The number of carbonyl (C=O) groups excluding carboxylic acids is 1. The Morgan fingerprint density at radius 3 is 2.67 bits per heavy atom. The average Bonchev–Trinajstić information content (AvgIpc) is 2.31. The van der Waals surface area contributed by atoms with E-state index < -0.39 is 16.6 Å². The SMILES string of the molecule is CC(C)(C)OC(=O)NN=Cc1cc([N+](=O)[O-])cc(Br)c1O. The lowest BCUT2D eigenvalue weighted by Crippen LogP contribution is -2.29. The van der Waals surface area contributed by atoms with E-state index >= 15 is 0 Å². The highest BCUT2D eigenvalue weighted by molar-refractivity contribution is 9.10. The van der Waals surface area contributed by atoms with Crippen LogP contribution in [-0.2, 0) is 4.74 Å². The summed E-state index contributed by atoms with van der Waals surface area (Å²) in [6, 6.07) is 2.29. The van der Waals surface area contributed by atoms with E-state index in [0.29, 0.717) is 0 Å². The molecule has 8 nitrogen and oxygen atoms in total. The first-order valence-electron chi connectivity index (χ1n) is 5.79. The predicted octanol–water partition coefficient (Wildman–Crippen LogP) is 2.92. The number of phenolic OH excluding ortho intramolecular Hbond substituents is 1. The number of hydrazone groups is 1. The second-order valence-electron chi connectivity index (χ2n) is 4.99. The molecule has 0 aliphatic rings. The summed E-state index contributed by atoms with van der Waals surface area (Å²) in [7, 11) is 0. The number of amides is 1. The van der Waals surface area contributed by atoms with Gasteiger partial charge in [0.25, 0.3) is 5.69 Å². The number of non-ortho nitro benzene ring substituents is 1. The van der Waals surface area contributed by atoms with Crippen molar-refractivity contribution in [1.29, 1.82) is 0 Å². The van der Waals surface area contributed by atoms with Gasteiger partial charge in [-0.05, 0) is 36.7 Å². The standard InChI is InChI=1S/C12H14BrN3O5/c1-12(2,3)21-11(18)15-14-6-7-4-8(16(19)20)5-9(13)10(7)17/h4-6,17H,1-3H3,(H,15,18). The van der Waals surface area contributed by atoms with Crippen LogP contribution in [-0.4, -0.2) is 27.9 Å². The Morgan fingerprint density at radius 2 is 2.14 bits per heavy atom. The van der Waals surface area contributed by atoms with E-state index in [1.807, 2.05) is 0 Å². The van der Waals surface area contributed by atoms with Crippen LogP contribution in [0.1, 0.15) is 26.3 Å². The van der Waals surface area contributed by atoms with Crippen molar-refractivity contribution in [3.05, 3.63) is 32.3 Å². The minimum Gasteiger partial charge on any atom is -0.506 e. The number of hydrogen-bond donors (Lipinski definition) is 2. The van der Waals surface area contributed by atoms with Crippen LogP contribution in [0.15, 0.2) is 21.7 Å². The van der Waals surface area contributed by atoms with Gasteiger partial charge in [0, 0.05) is 17.7 Å². The first-order valence-corrected chi connectivity index (χ1v) is 6.58.